The van der Waals surface area contributed by atoms with Crippen molar-refractivity contribution in [3.05, 3.63) is 65.7 Å². The van der Waals surface area contributed by atoms with Gasteiger partial charge in [0.1, 0.15) is 13.2 Å². The lowest BCUT2D eigenvalue weighted by Crippen LogP contribution is -2.37. The molecule has 0 radical (unpaired) electrons. The number of aromatic nitrogens is 1. The van der Waals surface area contributed by atoms with Crippen LogP contribution in [0.15, 0.2) is 60.0 Å². The fraction of sp³-hybridized carbons (Fsp3) is 0.158. The minimum absolute atomic E-state index is 0.0906. The lowest BCUT2D eigenvalue weighted by molar-refractivity contribution is -0.156. The maximum Gasteiger partial charge on any atom is 0.351 e. The molecule has 2 aromatic carbocycles. The molecule has 0 saturated carbocycles. The Balaban J connectivity index is 1.31. The molecule has 2 heterocycles. The Labute approximate surface area is 154 Å². The zero-order valence-corrected chi connectivity index (χ0v) is 14.6. The summed E-state index contributed by atoms with van der Waals surface area (Å²) in [5.74, 6) is 0.710. The van der Waals surface area contributed by atoms with Gasteiger partial charge in [0.2, 0.25) is 6.10 Å². The maximum absolute atomic E-state index is 12.2. The molecular weight excluding hydrogens is 352 g/mol. The Kier molecular flexibility index (Phi) is 4.70. The van der Waals surface area contributed by atoms with Crippen LogP contribution in [-0.2, 0) is 16.1 Å². The van der Waals surface area contributed by atoms with Crippen molar-refractivity contribution in [1.29, 1.82) is 0 Å². The number of fused-ring (bicyclic) bond motifs is 1. The fourth-order valence-electron chi connectivity index (χ4n) is 2.45. The van der Waals surface area contributed by atoms with Gasteiger partial charge in [0, 0.05) is 11.1 Å². The number of carbonyl (C=O) groups is 1. The molecule has 0 spiro atoms. The average molecular weight is 368 g/mol. The van der Waals surface area contributed by atoms with Gasteiger partial charge < -0.3 is 19.5 Å². The number of rotatable bonds is 5. The van der Waals surface area contributed by atoms with Crippen molar-refractivity contribution in [3.63, 3.8) is 0 Å². The van der Waals surface area contributed by atoms with E-state index in [9.17, 15) is 4.79 Å². The molecule has 3 aromatic rings. The molecule has 7 heteroatoms. The van der Waals surface area contributed by atoms with E-state index >= 15 is 0 Å². The first-order chi connectivity index (χ1) is 12.8. The lowest BCUT2D eigenvalue weighted by Gasteiger charge is -2.24. The van der Waals surface area contributed by atoms with Gasteiger partial charge in [-0.25, -0.2) is 9.78 Å². The first-order valence-corrected chi connectivity index (χ1v) is 8.97. The Morgan fingerprint density at radius 3 is 2.77 bits per heavy atom. The number of nitrogens with one attached hydrogen (secondary N) is 1. The molecule has 1 aromatic heterocycles. The minimum Gasteiger partial charge on any atom is -0.485 e. The number of para-hydroxylation sites is 3. The third kappa shape index (κ3) is 3.78. The van der Waals surface area contributed by atoms with Crippen LogP contribution in [0.25, 0.3) is 0 Å². The van der Waals surface area contributed by atoms with E-state index in [1.165, 1.54) is 11.3 Å². The van der Waals surface area contributed by atoms with Crippen LogP contribution in [0, 0.1) is 0 Å². The van der Waals surface area contributed by atoms with Crippen molar-refractivity contribution in [1.82, 2.24) is 4.98 Å². The first kappa shape index (κ1) is 16.4. The van der Waals surface area contributed by atoms with Crippen LogP contribution in [0.4, 0.5) is 10.8 Å². The molecule has 1 atom stereocenters. The third-order valence-corrected chi connectivity index (χ3v) is 4.52. The van der Waals surface area contributed by atoms with Gasteiger partial charge in [-0.05, 0) is 24.3 Å². The molecule has 0 saturated heterocycles. The number of ether oxygens (including phenoxy) is 3. The molecule has 0 amide bonds. The number of thiazole rings is 1. The molecule has 1 aliphatic rings. The van der Waals surface area contributed by atoms with Crippen LogP contribution in [-0.4, -0.2) is 23.7 Å². The van der Waals surface area contributed by atoms with Gasteiger partial charge in [-0.2, -0.15) is 0 Å². The van der Waals surface area contributed by atoms with Crippen LogP contribution in [0.2, 0.25) is 0 Å². The van der Waals surface area contributed by atoms with E-state index in [0.29, 0.717) is 17.2 Å². The van der Waals surface area contributed by atoms with Gasteiger partial charge in [0.15, 0.2) is 16.6 Å². The SMILES string of the molecule is O=C(OCc1csc(Nc2ccccc2)n1)[C@@H]1COc2ccccc2O1. The van der Waals surface area contributed by atoms with Crippen LogP contribution in [0.5, 0.6) is 11.5 Å². The zero-order chi connectivity index (χ0) is 17.8. The van der Waals surface area contributed by atoms with Crippen molar-refractivity contribution in [2.75, 3.05) is 11.9 Å². The molecule has 0 bridgehead atoms. The topological polar surface area (TPSA) is 69.7 Å². The van der Waals surface area contributed by atoms with Crippen molar-refractivity contribution < 1.29 is 19.0 Å². The zero-order valence-electron chi connectivity index (χ0n) is 13.8. The van der Waals surface area contributed by atoms with Gasteiger partial charge in [-0.1, -0.05) is 30.3 Å². The van der Waals surface area contributed by atoms with Crippen LogP contribution in [0.3, 0.4) is 0 Å². The fourth-order valence-corrected chi connectivity index (χ4v) is 3.16. The van der Waals surface area contributed by atoms with Crippen molar-refractivity contribution in [2.24, 2.45) is 0 Å². The molecule has 26 heavy (non-hydrogen) atoms. The Morgan fingerprint density at radius 1 is 1.15 bits per heavy atom. The summed E-state index contributed by atoms with van der Waals surface area (Å²) in [6.07, 6.45) is -0.773. The number of nitrogens with zero attached hydrogens (tertiary/aromatic N) is 1. The monoisotopic (exact) mass is 368 g/mol. The largest absolute Gasteiger partial charge is 0.485 e. The van der Waals surface area contributed by atoms with E-state index in [0.717, 1.165) is 10.8 Å². The number of hydrogen-bond donors (Lipinski definition) is 1. The highest BCUT2D eigenvalue weighted by Gasteiger charge is 2.28. The molecule has 0 aliphatic carbocycles. The molecule has 1 N–H and O–H groups in total. The predicted molar refractivity (Wildman–Crippen MR) is 98.0 cm³/mol. The number of hydrogen-bond acceptors (Lipinski definition) is 7. The highest BCUT2D eigenvalue weighted by molar-refractivity contribution is 7.13. The molecular formula is C19H16N2O4S. The smallest absolute Gasteiger partial charge is 0.351 e. The number of carbonyl (C=O) groups excluding carboxylic acids is 1. The van der Waals surface area contributed by atoms with Crippen molar-refractivity contribution in [2.45, 2.75) is 12.7 Å². The standard InChI is InChI=1S/C19H16N2O4S/c22-18(17-11-23-15-8-4-5-9-16(15)25-17)24-10-14-12-26-19(21-14)20-13-6-2-1-3-7-13/h1-9,12,17H,10-11H2,(H,20,21)/t17-/m0/s1. The van der Waals surface area contributed by atoms with Crippen LogP contribution < -0.4 is 14.8 Å². The second-order valence-corrected chi connectivity index (χ2v) is 6.47. The molecule has 4 rings (SSSR count). The van der Waals surface area contributed by atoms with Crippen molar-refractivity contribution in [3.8, 4) is 11.5 Å². The molecule has 132 valence electrons. The van der Waals surface area contributed by atoms with Crippen molar-refractivity contribution >= 4 is 28.1 Å². The minimum atomic E-state index is -0.773. The first-order valence-electron chi connectivity index (χ1n) is 8.09. The quantitative estimate of drug-likeness (QED) is 0.692. The van der Waals surface area contributed by atoms with Gasteiger partial charge in [-0.15, -0.1) is 11.3 Å². The molecule has 1 aliphatic heterocycles. The van der Waals surface area contributed by atoms with Gasteiger partial charge in [0.25, 0.3) is 0 Å². The Hall–Kier alpha value is -3.06. The van der Waals surface area contributed by atoms with E-state index < -0.39 is 12.1 Å². The summed E-state index contributed by atoms with van der Waals surface area (Å²) in [6.45, 7) is 0.223. The van der Waals surface area contributed by atoms with E-state index in [-0.39, 0.29) is 13.2 Å². The van der Waals surface area contributed by atoms with E-state index in [2.05, 4.69) is 10.3 Å². The summed E-state index contributed by atoms with van der Waals surface area (Å²) in [5, 5.41) is 5.81. The lowest BCUT2D eigenvalue weighted by atomic mass is 10.2. The highest BCUT2D eigenvalue weighted by atomic mass is 32.1. The normalized spacial score (nSPS) is 15.3. The van der Waals surface area contributed by atoms with E-state index in [4.69, 9.17) is 14.2 Å². The van der Waals surface area contributed by atoms with E-state index in [1.807, 2.05) is 47.8 Å². The predicted octanol–water partition coefficient (Wildman–Crippen LogP) is 3.77. The van der Waals surface area contributed by atoms with Crippen LogP contribution >= 0.6 is 11.3 Å². The van der Waals surface area contributed by atoms with Crippen LogP contribution in [0.1, 0.15) is 5.69 Å². The summed E-state index contributed by atoms with van der Waals surface area (Å²) in [5.41, 5.74) is 1.63. The number of esters is 1. The number of anilines is 2. The molecule has 6 nitrogen and oxygen atoms in total. The summed E-state index contributed by atoms with van der Waals surface area (Å²) >= 11 is 1.45. The van der Waals surface area contributed by atoms with Gasteiger partial charge in [-0.3, -0.25) is 0 Å². The molecule has 0 fully saturated rings. The van der Waals surface area contributed by atoms with Gasteiger partial charge in [0.05, 0.1) is 5.69 Å². The Morgan fingerprint density at radius 2 is 1.92 bits per heavy atom. The third-order valence-electron chi connectivity index (χ3n) is 3.71. The van der Waals surface area contributed by atoms with E-state index in [1.54, 1.807) is 12.1 Å². The summed E-state index contributed by atoms with van der Waals surface area (Å²) in [6, 6.07) is 17.0. The maximum atomic E-state index is 12.2. The summed E-state index contributed by atoms with van der Waals surface area (Å²) in [4.78, 5) is 16.6. The van der Waals surface area contributed by atoms with Gasteiger partial charge >= 0.3 is 5.97 Å². The summed E-state index contributed by atoms with van der Waals surface area (Å²) < 4.78 is 16.5. The number of benzene rings is 2. The second kappa shape index (κ2) is 7.45. The summed E-state index contributed by atoms with van der Waals surface area (Å²) in [7, 11) is 0. The Bertz CT molecular complexity index is 897. The average Bonchev–Trinajstić information content (AvgIpc) is 3.14. The highest BCUT2D eigenvalue weighted by Crippen LogP contribution is 2.31. The second-order valence-electron chi connectivity index (χ2n) is 5.61. The molecule has 0 unspecified atom stereocenters.